The Labute approximate surface area is 161 Å². The zero-order valence-corrected chi connectivity index (χ0v) is 16.4. The van der Waals surface area contributed by atoms with Gasteiger partial charge < -0.3 is 15.0 Å². The summed E-state index contributed by atoms with van der Waals surface area (Å²) in [6, 6.07) is 0.363. The maximum Gasteiger partial charge on any atom is 0.417 e. The predicted molar refractivity (Wildman–Crippen MR) is 104 cm³/mol. The Morgan fingerprint density at radius 1 is 1.19 bits per heavy atom. The van der Waals surface area contributed by atoms with Crippen LogP contribution < -0.4 is 5.32 Å². The SMILES string of the molecule is CCOC(=O)N1C=CC=C(N2CCC(C(=O)NC3CCCC3C)CC2)C=C1. The number of nitrogens with zero attached hydrogens (tertiary/aromatic N) is 2. The Morgan fingerprint density at radius 2 is 1.96 bits per heavy atom. The van der Waals surface area contributed by atoms with Crippen molar-refractivity contribution in [2.75, 3.05) is 19.7 Å². The van der Waals surface area contributed by atoms with E-state index in [0.717, 1.165) is 38.0 Å². The third-order valence-corrected chi connectivity index (χ3v) is 5.82. The van der Waals surface area contributed by atoms with Crippen molar-refractivity contribution < 1.29 is 14.3 Å². The molecule has 6 nitrogen and oxygen atoms in total. The summed E-state index contributed by atoms with van der Waals surface area (Å²) in [7, 11) is 0. The van der Waals surface area contributed by atoms with Gasteiger partial charge in [-0.05, 0) is 56.8 Å². The van der Waals surface area contributed by atoms with Crippen molar-refractivity contribution in [2.45, 2.75) is 52.0 Å². The van der Waals surface area contributed by atoms with Gasteiger partial charge in [0.25, 0.3) is 0 Å². The van der Waals surface area contributed by atoms with Crippen LogP contribution in [0.4, 0.5) is 4.79 Å². The molecule has 2 fully saturated rings. The first-order chi connectivity index (χ1) is 13.1. The maximum atomic E-state index is 12.6. The van der Waals surface area contributed by atoms with Crippen LogP contribution in [-0.4, -0.2) is 47.5 Å². The molecule has 2 unspecified atom stereocenters. The van der Waals surface area contributed by atoms with Gasteiger partial charge in [-0.2, -0.15) is 0 Å². The second-order valence-electron chi connectivity index (χ2n) is 7.64. The average Bonchev–Trinajstić information content (AvgIpc) is 2.93. The highest BCUT2D eigenvalue weighted by molar-refractivity contribution is 5.79. The molecule has 2 heterocycles. The molecule has 27 heavy (non-hydrogen) atoms. The van der Waals surface area contributed by atoms with Crippen LogP contribution in [0, 0.1) is 11.8 Å². The Balaban J connectivity index is 1.49. The van der Waals surface area contributed by atoms with Crippen LogP contribution in [0.1, 0.15) is 46.0 Å². The van der Waals surface area contributed by atoms with Gasteiger partial charge >= 0.3 is 6.09 Å². The minimum absolute atomic E-state index is 0.107. The molecule has 3 rings (SSSR count). The summed E-state index contributed by atoms with van der Waals surface area (Å²) < 4.78 is 5.02. The molecule has 0 aromatic heterocycles. The maximum absolute atomic E-state index is 12.6. The van der Waals surface area contributed by atoms with Gasteiger partial charge in [0.15, 0.2) is 0 Å². The van der Waals surface area contributed by atoms with Crippen LogP contribution in [0.3, 0.4) is 0 Å². The molecule has 0 aromatic rings. The minimum Gasteiger partial charge on any atom is -0.449 e. The number of likely N-dealkylation sites (tertiary alicyclic amines) is 1. The van der Waals surface area contributed by atoms with Gasteiger partial charge in [-0.1, -0.05) is 13.3 Å². The molecular formula is C21H31N3O3. The normalized spacial score (nSPS) is 25.9. The van der Waals surface area contributed by atoms with E-state index in [2.05, 4.69) is 17.1 Å². The molecular weight excluding hydrogens is 342 g/mol. The molecule has 6 heteroatoms. The number of ether oxygens (including phenoxy) is 1. The highest BCUT2D eigenvalue weighted by Gasteiger charge is 2.30. The van der Waals surface area contributed by atoms with E-state index in [1.807, 2.05) is 18.2 Å². The van der Waals surface area contributed by atoms with Gasteiger partial charge in [0.1, 0.15) is 0 Å². The minimum atomic E-state index is -0.379. The van der Waals surface area contributed by atoms with E-state index in [1.54, 1.807) is 19.3 Å². The van der Waals surface area contributed by atoms with Gasteiger partial charge in [0.2, 0.25) is 5.91 Å². The number of amides is 2. The molecule has 1 N–H and O–H groups in total. The Morgan fingerprint density at radius 3 is 2.63 bits per heavy atom. The highest BCUT2D eigenvalue weighted by Crippen LogP contribution is 2.27. The van der Waals surface area contributed by atoms with E-state index < -0.39 is 0 Å². The van der Waals surface area contributed by atoms with Crippen LogP contribution in [0.15, 0.2) is 36.3 Å². The molecule has 2 atom stereocenters. The fourth-order valence-corrected chi connectivity index (χ4v) is 4.09. The molecule has 0 aromatic carbocycles. The standard InChI is InChI=1S/C21H31N3O3/c1-3-27-21(26)24-12-5-7-18(11-15-24)23-13-9-17(10-14-23)20(25)22-19-8-4-6-16(19)2/h5,7,11-12,15-17,19H,3-4,6,8-10,13-14H2,1-2H3,(H,22,25). The zero-order valence-electron chi connectivity index (χ0n) is 16.4. The number of carbonyl (C=O) groups is 2. The molecule has 2 amide bonds. The summed E-state index contributed by atoms with van der Waals surface area (Å²) in [5, 5.41) is 3.28. The third kappa shape index (κ3) is 4.93. The number of allylic oxidation sites excluding steroid dienone is 3. The lowest BCUT2D eigenvalue weighted by Crippen LogP contribution is -2.44. The van der Waals surface area contributed by atoms with Crippen molar-refractivity contribution in [3.05, 3.63) is 36.3 Å². The molecule has 1 aliphatic carbocycles. The number of hydrogen-bond donors (Lipinski definition) is 1. The van der Waals surface area contributed by atoms with E-state index in [1.165, 1.54) is 17.7 Å². The molecule has 1 saturated carbocycles. The van der Waals surface area contributed by atoms with Gasteiger partial charge in [-0.3, -0.25) is 9.69 Å². The molecule has 0 radical (unpaired) electrons. The van der Waals surface area contributed by atoms with Crippen LogP contribution in [0.5, 0.6) is 0 Å². The highest BCUT2D eigenvalue weighted by atomic mass is 16.5. The lowest BCUT2D eigenvalue weighted by atomic mass is 9.94. The second kappa shape index (κ2) is 9.11. The van der Waals surface area contributed by atoms with E-state index in [0.29, 0.717) is 18.6 Å². The smallest absolute Gasteiger partial charge is 0.417 e. The second-order valence-corrected chi connectivity index (χ2v) is 7.64. The molecule has 1 saturated heterocycles. The summed E-state index contributed by atoms with van der Waals surface area (Å²) in [4.78, 5) is 28.1. The summed E-state index contributed by atoms with van der Waals surface area (Å²) in [5.74, 6) is 0.938. The number of carbonyl (C=O) groups excluding carboxylic acids is 2. The predicted octanol–water partition coefficient (Wildman–Crippen LogP) is 3.39. The van der Waals surface area contributed by atoms with E-state index in [4.69, 9.17) is 4.74 Å². The first-order valence-electron chi connectivity index (χ1n) is 10.2. The third-order valence-electron chi connectivity index (χ3n) is 5.82. The van der Waals surface area contributed by atoms with Gasteiger partial charge in [-0.25, -0.2) is 4.79 Å². The largest absolute Gasteiger partial charge is 0.449 e. The fraction of sp³-hybridized carbons (Fsp3) is 0.619. The Bertz CT molecular complexity index is 633. The Kier molecular flexibility index (Phi) is 6.58. The molecule has 2 aliphatic heterocycles. The van der Waals surface area contributed by atoms with Crippen LogP contribution in [0.2, 0.25) is 0 Å². The van der Waals surface area contributed by atoms with Crippen LogP contribution in [0.25, 0.3) is 0 Å². The van der Waals surface area contributed by atoms with Gasteiger partial charge in [0.05, 0.1) is 6.61 Å². The van der Waals surface area contributed by atoms with Crippen LogP contribution >= 0.6 is 0 Å². The van der Waals surface area contributed by atoms with Crippen molar-refractivity contribution >= 4 is 12.0 Å². The van der Waals surface area contributed by atoms with Crippen molar-refractivity contribution in [1.82, 2.24) is 15.1 Å². The van der Waals surface area contributed by atoms with E-state index in [9.17, 15) is 9.59 Å². The van der Waals surface area contributed by atoms with E-state index >= 15 is 0 Å². The molecule has 0 spiro atoms. The topological polar surface area (TPSA) is 61.9 Å². The number of nitrogens with one attached hydrogen (secondary N) is 1. The first kappa shape index (κ1) is 19.5. The first-order valence-corrected chi connectivity index (χ1v) is 10.2. The summed E-state index contributed by atoms with van der Waals surface area (Å²) >= 11 is 0. The van der Waals surface area contributed by atoms with Crippen molar-refractivity contribution in [1.29, 1.82) is 0 Å². The number of hydrogen-bond acceptors (Lipinski definition) is 4. The van der Waals surface area contributed by atoms with Gasteiger partial charge in [0, 0.05) is 43.1 Å². The molecule has 148 valence electrons. The molecule has 3 aliphatic rings. The summed E-state index contributed by atoms with van der Waals surface area (Å²) in [6.45, 7) is 6.08. The van der Waals surface area contributed by atoms with Crippen LogP contribution in [-0.2, 0) is 9.53 Å². The van der Waals surface area contributed by atoms with Crippen molar-refractivity contribution in [3.63, 3.8) is 0 Å². The number of piperidine rings is 1. The number of rotatable bonds is 4. The fourth-order valence-electron chi connectivity index (χ4n) is 4.09. The van der Waals surface area contributed by atoms with Gasteiger partial charge in [-0.15, -0.1) is 0 Å². The quantitative estimate of drug-likeness (QED) is 0.821. The average molecular weight is 373 g/mol. The van der Waals surface area contributed by atoms with E-state index in [-0.39, 0.29) is 17.9 Å². The summed E-state index contributed by atoms with van der Waals surface area (Å²) in [6.07, 6.45) is 14.1. The monoisotopic (exact) mass is 373 g/mol. The lowest BCUT2D eigenvalue weighted by molar-refractivity contribution is -0.127. The zero-order chi connectivity index (χ0) is 19.2. The summed E-state index contributed by atoms with van der Waals surface area (Å²) in [5.41, 5.74) is 1.06. The van der Waals surface area contributed by atoms with Crippen molar-refractivity contribution in [2.24, 2.45) is 11.8 Å². The lowest BCUT2D eigenvalue weighted by Gasteiger charge is -2.34. The van der Waals surface area contributed by atoms with Crippen molar-refractivity contribution in [3.8, 4) is 0 Å². The Hall–Kier alpha value is -2.24. The molecule has 0 bridgehead atoms.